The van der Waals surface area contributed by atoms with Crippen LogP contribution in [0.1, 0.15) is 64.5 Å². The van der Waals surface area contributed by atoms with Crippen molar-refractivity contribution in [3.05, 3.63) is 29.8 Å². The number of nitrogens with zero attached hydrogens (tertiary/aromatic N) is 1. The molecule has 0 aliphatic heterocycles. The second kappa shape index (κ2) is 10.3. The Bertz CT molecular complexity index is 753. The molecule has 0 spiro atoms. The van der Waals surface area contributed by atoms with Crippen LogP contribution in [0.2, 0.25) is 0 Å². The molecule has 1 aromatic carbocycles. The number of benzene rings is 1. The maximum absolute atomic E-state index is 13.1. The number of likely N-dealkylation sites (N-methyl/N-ethyl adjacent to an activating group) is 1. The van der Waals surface area contributed by atoms with E-state index in [2.05, 4.69) is 10.6 Å². The molecule has 2 rings (SSSR count). The van der Waals surface area contributed by atoms with Crippen LogP contribution in [0.5, 0.6) is 5.75 Å². The fraction of sp³-hybridized carbons (Fsp3) is 0.591. The van der Waals surface area contributed by atoms with Gasteiger partial charge in [0.2, 0.25) is 11.8 Å². The van der Waals surface area contributed by atoms with E-state index in [0.29, 0.717) is 5.56 Å². The molecule has 0 radical (unpaired) electrons. The summed E-state index contributed by atoms with van der Waals surface area (Å²) >= 11 is 0. The molecule has 0 bridgehead atoms. The number of rotatable bonds is 6. The molecule has 0 aromatic heterocycles. The van der Waals surface area contributed by atoms with Gasteiger partial charge in [0.25, 0.3) is 0 Å². The lowest BCUT2D eigenvalue weighted by Gasteiger charge is -2.31. The molecule has 1 aliphatic rings. The van der Waals surface area contributed by atoms with E-state index in [-0.39, 0.29) is 24.2 Å². The highest BCUT2D eigenvalue weighted by atomic mass is 16.6. The normalized spacial score (nSPS) is 15.7. The van der Waals surface area contributed by atoms with Gasteiger partial charge in [-0.15, -0.1) is 0 Å². The van der Waals surface area contributed by atoms with Crippen molar-refractivity contribution in [2.75, 3.05) is 13.6 Å². The van der Waals surface area contributed by atoms with Crippen LogP contribution in [0.3, 0.4) is 0 Å². The number of carbonyl (C=O) groups is 3. The predicted octanol–water partition coefficient (Wildman–Crippen LogP) is 2.87. The molecule has 1 saturated carbocycles. The number of carbonyl (C=O) groups excluding carboxylic acids is 3. The number of hydrogen-bond acceptors (Lipinski definition) is 5. The van der Waals surface area contributed by atoms with Gasteiger partial charge < -0.3 is 25.4 Å². The third-order valence-corrected chi connectivity index (χ3v) is 4.95. The van der Waals surface area contributed by atoms with Crippen LogP contribution in [0.25, 0.3) is 0 Å². The number of alkyl carbamates (subject to hydrolysis) is 1. The van der Waals surface area contributed by atoms with Crippen molar-refractivity contribution in [1.29, 1.82) is 0 Å². The summed E-state index contributed by atoms with van der Waals surface area (Å²) < 4.78 is 5.14. The Balaban J connectivity index is 2.11. The zero-order valence-electron chi connectivity index (χ0n) is 18.2. The van der Waals surface area contributed by atoms with Gasteiger partial charge in [0, 0.05) is 13.1 Å². The van der Waals surface area contributed by atoms with Crippen LogP contribution in [-0.4, -0.2) is 53.1 Å². The largest absolute Gasteiger partial charge is 0.508 e. The average Bonchev–Trinajstić information content (AvgIpc) is 2.65. The monoisotopic (exact) mass is 419 g/mol. The maximum atomic E-state index is 13.1. The fourth-order valence-corrected chi connectivity index (χ4v) is 3.50. The van der Waals surface area contributed by atoms with Crippen molar-refractivity contribution in [3.63, 3.8) is 0 Å². The highest BCUT2D eigenvalue weighted by molar-refractivity contribution is 5.90. The third kappa shape index (κ3) is 7.24. The Labute approximate surface area is 178 Å². The lowest BCUT2D eigenvalue weighted by molar-refractivity contribution is -0.139. The summed E-state index contributed by atoms with van der Waals surface area (Å²) in [5, 5.41) is 15.3. The summed E-state index contributed by atoms with van der Waals surface area (Å²) in [6.45, 7) is 4.88. The predicted molar refractivity (Wildman–Crippen MR) is 113 cm³/mol. The van der Waals surface area contributed by atoms with Gasteiger partial charge in [-0.05, 0) is 51.3 Å². The molecule has 3 amide bonds. The lowest BCUT2D eigenvalue weighted by atomic mass is 9.94. The van der Waals surface area contributed by atoms with Gasteiger partial charge >= 0.3 is 6.09 Å². The first kappa shape index (κ1) is 23.5. The first-order chi connectivity index (χ1) is 14.1. The number of aromatic hydroxyl groups is 1. The molecule has 1 unspecified atom stereocenters. The molecular formula is C22H33N3O5. The van der Waals surface area contributed by atoms with Crippen molar-refractivity contribution in [2.45, 2.75) is 70.6 Å². The second-order valence-electron chi connectivity index (χ2n) is 8.70. The van der Waals surface area contributed by atoms with Crippen LogP contribution in [-0.2, 0) is 14.3 Å². The molecule has 3 N–H and O–H groups in total. The van der Waals surface area contributed by atoms with Crippen LogP contribution < -0.4 is 10.6 Å². The van der Waals surface area contributed by atoms with Crippen molar-refractivity contribution < 1.29 is 24.2 Å². The Morgan fingerprint density at radius 1 is 1.20 bits per heavy atom. The molecule has 166 valence electrons. The second-order valence-corrected chi connectivity index (χ2v) is 8.70. The quantitative estimate of drug-likeness (QED) is 0.657. The van der Waals surface area contributed by atoms with Crippen LogP contribution in [0.4, 0.5) is 4.79 Å². The summed E-state index contributed by atoms with van der Waals surface area (Å²) in [4.78, 5) is 39.0. The van der Waals surface area contributed by atoms with E-state index in [0.717, 1.165) is 32.1 Å². The van der Waals surface area contributed by atoms with E-state index in [9.17, 15) is 19.5 Å². The van der Waals surface area contributed by atoms with E-state index >= 15 is 0 Å². The third-order valence-electron chi connectivity index (χ3n) is 4.95. The van der Waals surface area contributed by atoms with E-state index in [1.54, 1.807) is 32.9 Å². The van der Waals surface area contributed by atoms with Crippen molar-refractivity contribution in [3.8, 4) is 5.75 Å². The van der Waals surface area contributed by atoms with E-state index in [1.165, 1.54) is 24.1 Å². The number of ether oxygens (including phenoxy) is 1. The molecule has 0 saturated heterocycles. The molecule has 1 aromatic rings. The van der Waals surface area contributed by atoms with E-state index in [1.807, 2.05) is 0 Å². The number of phenolic OH excluding ortho intramolecular Hbond substituents is 1. The topological polar surface area (TPSA) is 108 Å². The van der Waals surface area contributed by atoms with Crippen LogP contribution in [0, 0.1) is 0 Å². The molecule has 8 nitrogen and oxygen atoms in total. The zero-order chi connectivity index (χ0) is 22.3. The van der Waals surface area contributed by atoms with E-state index in [4.69, 9.17) is 4.74 Å². The van der Waals surface area contributed by atoms with Gasteiger partial charge in [0.1, 0.15) is 23.9 Å². The summed E-state index contributed by atoms with van der Waals surface area (Å²) in [6.07, 6.45) is 4.42. The SMILES string of the molecule is CN(C(=O)CNC(=O)OC(C)(C)C)C(C(=O)NC1CCCCC1)c1cccc(O)c1. The minimum atomic E-state index is -0.924. The Morgan fingerprint density at radius 3 is 2.47 bits per heavy atom. The minimum Gasteiger partial charge on any atom is -0.508 e. The summed E-state index contributed by atoms with van der Waals surface area (Å²) in [7, 11) is 1.51. The molecule has 30 heavy (non-hydrogen) atoms. The fourth-order valence-electron chi connectivity index (χ4n) is 3.50. The first-order valence-corrected chi connectivity index (χ1v) is 10.4. The maximum Gasteiger partial charge on any atom is 0.408 e. The van der Waals surface area contributed by atoms with Gasteiger partial charge in [-0.2, -0.15) is 0 Å². The zero-order valence-corrected chi connectivity index (χ0v) is 18.2. The summed E-state index contributed by atoms with van der Waals surface area (Å²) in [5.41, 5.74) is -0.181. The average molecular weight is 420 g/mol. The molecule has 0 heterocycles. The minimum absolute atomic E-state index is 0.00990. The van der Waals surface area contributed by atoms with Crippen molar-refractivity contribution in [2.24, 2.45) is 0 Å². The molecular weight excluding hydrogens is 386 g/mol. The molecule has 1 fully saturated rings. The smallest absolute Gasteiger partial charge is 0.408 e. The lowest BCUT2D eigenvalue weighted by Crippen LogP contribution is -2.48. The molecule has 1 atom stereocenters. The standard InChI is InChI=1S/C22H33N3O5/c1-22(2,3)30-21(29)23-14-18(27)25(4)19(15-9-8-12-17(26)13-15)20(28)24-16-10-6-5-7-11-16/h8-9,12-13,16,19,26H,5-7,10-11,14H2,1-4H3,(H,23,29)(H,24,28). The van der Waals surface area contributed by atoms with Gasteiger partial charge in [-0.1, -0.05) is 31.4 Å². The number of nitrogens with one attached hydrogen (secondary N) is 2. The van der Waals surface area contributed by atoms with Crippen molar-refractivity contribution in [1.82, 2.24) is 15.5 Å². The summed E-state index contributed by atoms with van der Waals surface area (Å²) in [5.74, 6) is -0.746. The van der Waals surface area contributed by atoms with Crippen molar-refractivity contribution >= 4 is 17.9 Å². The van der Waals surface area contributed by atoms with Gasteiger partial charge in [-0.3, -0.25) is 9.59 Å². The first-order valence-electron chi connectivity index (χ1n) is 10.4. The van der Waals surface area contributed by atoms with E-state index < -0.39 is 23.6 Å². The van der Waals surface area contributed by atoms with Crippen LogP contribution >= 0.6 is 0 Å². The Morgan fingerprint density at radius 2 is 1.87 bits per heavy atom. The Kier molecular flexibility index (Phi) is 8.08. The number of phenols is 1. The van der Waals surface area contributed by atoms with Gasteiger partial charge in [0.15, 0.2) is 0 Å². The highest BCUT2D eigenvalue weighted by Crippen LogP contribution is 2.25. The Hall–Kier alpha value is -2.77. The molecule has 1 aliphatic carbocycles. The molecule has 8 heteroatoms. The number of amides is 3. The van der Waals surface area contributed by atoms with Gasteiger partial charge in [-0.25, -0.2) is 4.79 Å². The number of hydrogen-bond donors (Lipinski definition) is 3. The van der Waals surface area contributed by atoms with Gasteiger partial charge in [0.05, 0.1) is 0 Å². The highest BCUT2D eigenvalue weighted by Gasteiger charge is 2.31. The summed E-state index contributed by atoms with van der Waals surface area (Å²) in [6, 6.07) is 5.45. The van der Waals surface area contributed by atoms with Crippen LogP contribution in [0.15, 0.2) is 24.3 Å².